The maximum Gasteiger partial charge on any atom is 0.105 e. The Morgan fingerprint density at radius 3 is 3.27 bits per heavy atom. The summed E-state index contributed by atoms with van der Waals surface area (Å²) in [4.78, 5) is 4.15. The summed E-state index contributed by atoms with van der Waals surface area (Å²) >= 11 is 0. The second-order valence-electron chi connectivity index (χ2n) is 3.04. The molecule has 60 valence electrons. The molecule has 1 atom stereocenters. The Balaban J connectivity index is 2.46. The number of rotatable bonds is 0. The first-order chi connectivity index (χ1) is 5.29. The van der Waals surface area contributed by atoms with Crippen LogP contribution in [0, 0.1) is 6.92 Å². The Kier molecular flexibility index (Phi) is 1.46. The van der Waals surface area contributed by atoms with Gasteiger partial charge in [-0.15, -0.1) is 0 Å². The number of hydrogen-bond donors (Lipinski definition) is 1. The van der Waals surface area contributed by atoms with E-state index in [1.165, 1.54) is 0 Å². The van der Waals surface area contributed by atoms with Crippen LogP contribution in [0.5, 0.6) is 0 Å². The molecule has 2 heterocycles. The Bertz CT molecular complexity index is 267. The number of nitrogens with zero attached hydrogens (tertiary/aromatic N) is 2. The zero-order valence-electron chi connectivity index (χ0n) is 6.62. The zero-order valence-corrected chi connectivity index (χ0v) is 6.62. The van der Waals surface area contributed by atoms with E-state index in [1.807, 2.05) is 6.92 Å². The third-order valence-electron chi connectivity index (χ3n) is 2.29. The van der Waals surface area contributed by atoms with Gasteiger partial charge in [-0.05, 0) is 19.8 Å². The number of hydrogen-bond acceptors (Lipinski definition) is 2. The molecule has 1 aliphatic heterocycles. The summed E-state index contributed by atoms with van der Waals surface area (Å²) in [5, 5.41) is 9.51. The van der Waals surface area contributed by atoms with Gasteiger partial charge < -0.3 is 9.67 Å². The SMILES string of the molecule is Cc1ncc2n1CCCC2O. The lowest BCUT2D eigenvalue weighted by atomic mass is 10.1. The van der Waals surface area contributed by atoms with Crippen LogP contribution in [-0.4, -0.2) is 14.7 Å². The van der Waals surface area contributed by atoms with Crippen molar-refractivity contribution in [1.82, 2.24) is 9.55 Å². The molecule has 1 aliphatic rings. The second-order valence-corrected chi connectivity index (χ2v) is 3.04. The summed E-state index contributed by atoms with van der Waals surface area (Å²) in [6, 6.07) is 0. The van der Waals surface area contributed by atoms with E-state index in [0.717, 1.165) is 30.9 Å². The molecule has 1 aromatic rings. The predicted molar refractivity (Wildman–Crippen MR) is 41.2 cm³/mol. The van der Waals surface area contributed by atoms with Crippen LogP contribution in [0.4, 0.5) is 0 Å². The summed E-state index contributed by atoms with van der Waals surface area (Å²) in [5.74, 6) is 1.01. The summed E-state index contributed by atoms with van der Waals surface area (Å²) in [6.07, 6.45) is 3.43. The summed E-state index contributed by atoms with van der Waals surface area (Å²) < 4.78 is 2.09. The molecule has 0 saturated carbocycles. The van der Waals surface area contributed by atoms with E-state index in [2.05, 4.69) is 9.55 Å². The van der Waals surface area contributed by atoms with E-state index in [1.54, 1.807) is 6.20 Å². The summed E-state index contributed by atoms with van der Waals surface area (Å²) in [7, 11) is 0. The van der Waals surface area contributed by atoms with Crippen LogP contribution >= 0.6 is 0 Å². The zero-order chi connectivity index (χ0) is 7.84. The first-order valence-electron chi connectivity index (χ1n) is 3.99. The van der Waals surface area contributed by atoms with Gasteiger partial charge in [0, 0.05) is 6.54 Å². The molecule has 0 amide bonds. The molecule has 3 heteroatoms. The Morgan fingerprint density at radius 1 is 1.73 bits per heavy atom. The van der Waals surface area contributed by atoms with Gasteiger partial charge in [-0.1, -0.05) is 0 Å². The van der Waals surface area contributed by atoms with E-state index in [0.29, 0.717) is 0 Å². The van der Waals surface area contributed by atoms with Gasteiger partial charge in [-0.2, -0.15) is 0 Å². The van der Waals surface area contributed by atoms with Gasteiger partial charge in [0.2, 0.25) is 0 Å². The third kappa shape index (κ3) is 0.959. The highest BCUT2D eigenvalue weighted by Gasteiger charge is 2.19. The van der Waals surface area contributed by atoms with Crippen molar-refractivity contribution in [2.75, 3.05) is 0 Å². The molecular weight excluding hydrogens is 140 g/mol. The molecule has 0 saturated heterocycles. The number of aliphatic hydroxyl groups excluding tert-OH is 1. The molecule has 0 aromatic carbocycles. The van der Waals surface area contributed by atoms with Gasteiger partial charge in [-0.3, -0.25) is 0 Å². The highest BCUT2D eigenvalue weighted by Crippen LogP contribution is 2.24. The number of aliphatic hydroxyl groups is 1. The minimum absolute atomic E-state index is 0.287. The van der Waals surface area contributed by atoms with Crippen molar-refractivity contribution in [3.8, 4) is 0 Å². The van der Waals surface area contributed by atoms with E-state index in [9.17, 15) is 5.11 Å². The number of imidazole rings is 1. The molecule has 1 unspecified atom stereocenters. The Hall–Kier alpha value is -0.830. The number of aryl methyl sites for hydroxylation is 1. The standard InChI is InChI=1S/C8H12N2O/c1-6-9-5-7-8(11)3-2-4-10(6)7/h5,8,11H,2-4H2,1H3. The fourth-order valence-electron chi connectivity index (χ4n) is 1.63. The van der Waals surface area contributed by atoms with Gasteiger partial charge in [0.25, 0.3) is 0 Å². The molecule has 0 spiro atoms. The van der Waals surface area contributed by atoms with Crippen molar-refractivity contribution >= 4 is 0 Å². The lowest BCUT2D eigenvalue weighted by Gasteiger charge is -2.20. The second kappa shape index (κ2) is 2.34. The van der Waals surface area contributed by atoms with Crippen LogP contribution in [-0.2, 0) is 6.54 Å². The highest BCUT2D eigenvalue weighted by molar-refractivity contribution is 5.09. The molecule has 3 nitrogen and oxygen atoms in total. The van der Waals surface area contributed by atoms with E-state index >= 15 is 0 Å². The fraction of sp³-hybridized carbons (Fsp3) is 0.625. The summed E-state index contributed by atoms with van der Waals surface area (Å²) in [6.45, 7) is 2.99. The van der Waals surface area contributed by atoms with Crippen LogP contribution in [0.25, 0.3) is 0 Å². The monoisotopic (exact) mass is 152 g/mol. The van der Waals surface area contributed by atoms with Gasteiger partial charge in [0.15, 0.2) is 0 Å². The van der Waals surface area contributed by atoms with Gasteiger partial charge in [-0.25, -0.2) is 4.98 Å². The Morgan fingerprint density at radius 2 is 2.55 bits per heavy atom. The minimum atomic E-state index is -0.287. The van der Waals surface area contributed by atoms with Crippen molar-refractivity contribution < 1.29 is 5.11 Å². The quantitative estimate of drug-likeness (QED) is 0.602. The van der Waals surface area contributed by atoms with Crippen LogP contribution in [0.15, 0.2) is 6.20 Å². The molecule has 11 heavy (non-hydrogen) atoms. The number of fused-ring (bicyclic) bond motifs is 1. The van der Waals surface area contributed by atoms with Gasteiger partial charge in [0.05, 0.1) is 18.0 Å². The molecule has 2 rings (SSSR count). The fourth-order valence-corrected chi connectivity index (χ4v) is 1.63. The average Bonchev–Trinajstić information content (AvgIpc) is 2.35. The van der Waals surface area contributed by atoms with Crippen LogP contribution in [0.2, 0.25) is 0 Å². The van der Waals surface area contributed by atoms with E-state index in [4.69, 9.17) is 0 Å². The lowest BCUT2D eigenvalue weighted by molar-refractivity contribution is 0.138. The largest absolute Gasteiger partial charge is 0.387 e. The van der Waals surface area contributed by atoms with Crippen molar-refractivity contribution in [3.63, 3.8) is 0 Å². The molecule has 0 bridgehead atoms. The maximum absolute atomic E-state index is 9.51. The van der Waals surface area contributed by atoms with E-state index < -0.39 is 0 Å². The van der Waals surface area contributed by atoms with Crippen molar-refractivity contribution in [1.29, 1.82) is 0 Å². The van der Waals surface area contributed by atoms with Gasteiger partial charge in [0.1, 0.15) is 5.82 Å². The topological polar surface area (TPSA) is 38.0 Å². The van der Waals surface area contributed by atoms with Crippen LogP contribution in [0.1, 0.15) is 30.5 Å². The maximum atomic E-state index is 9.51. The molecular formula is C8H12N2O. The molecule has 0 fully saturated rings. The minimum Gasteiger partial charge on any atom is -0.387 e. The predicted octanol–water partition coefficient (Wildman–Crippen LogP) is 1.02. The Labute approximate surface area is 65.7 Å². The number of aromatic nitrogens is 2. The molecule has 1 aromatic heterocycles. The van der Waals surface area contributed by atoms with Crippen molar-refractivity contribution in [2.24, 2.45) is 0 Å². The molecule has 1 N–H and O–H groups in total. The molecule has 0 aliphatic carbocycles. The first-order valence-corrected chi connectivity index (χ1v) is 3.99. The first kappa shape index (κ1) is 6.85. The van der Waals surface area contributed by atoms with Crippen LogP contribution < -0.4 is 0 Å². The lowest BCUT2D eigenvalue weighted by Crippen LogP contribution is -2.15. The van der Waals surface area contributed by atoms with Gasteiger partial charge >= 0.3 is 0 Å². The molecule has 0 radical (unpaired) electrons. The normalized spacial score (nSPS) is 23.3. The average molecular weight is 152 g/mol. The highest BCUT2D eigenvalue weighted by atomic mass is 16.3. The third-order valence-corrected chi connectivity index (χ3v) is 2.29. The smallest absolute Gasteiger partial charge is 0.105 e. The summed E-state index contributed by atoms with van der Waals surface area (Å²) in [5.41, 5.74) is 0.980. The van der Waals surface area contributed by atoms with Crippen molar-refractivity contribution in [2.45, 2.75) is 32.4 Å². The van der Waals surface area contributed by atoms with Crippen LogP contribution in [0.3, 0.4) is 0 Å². The van der Waals surface area contributed by atoms with E-state index in [-0.39, 0.29) is 6.10 Å². The van der Waals surface area contributed by atoms with Crippen molar-refractivity contribution in [3.05, 3.63) is 17.7 Å².